The molecule has 1 saturated carbocycles. The Balaban J connectivity index is 1.46. The third kappa shape index (κ3) is 2.59. The zero-order valence-corrected chi connectivity index (χ0v) is 12.7. The van der Waals surface area contributed by atoms with Gasteiger partial charge in [0.15, 0.2) is 0 Å². The molecule has 3 aliphatic rings. The first kappa shape index (κ1) is 13.3. The summed E-state index contributed by atoms with van der Waals surface area (Å²) in [5.41, 5.74) is 1.28. The number of piperidine rings is 1. The van der Waals surface area contributed by atoms with Crippen molar-refractivity contribution in [3.63, 3.8) is 0 Å². The van der Waals surface area contributed by atoms with Gasteiger partial charge in [0.25, 0.3) is 0 Å². The zero-order valence-electron chi connectivity index (χ0n) is 12.7. The number of nitrogens with zero attached hydrogens (tertiary/aromatic N) is 4. The highest BCUT2D eigenvalue weighted by Crippen LogP contribution is 2.36. The van der Waals surface area contributed by atoms with Crippen LogP contribution in [0.2, 0.25) is 0 Å². The number of carbonyl (C=O) groups excluding carboxylic acids is 1. The van der Waals surface area contributed by atoms with Gasteiger partial charge in [0.1, 0.15) is 0 Å². The van der Waals surface area contributed by atoms with Crippen LogP contribution in [0.1, 0.15) is 37.7 Å². The van der Waals surface area contributed by atoms with Crippen LogP contribution in [0.3, 0.4) is 0 Å². The van der Waals surface area contributed by atoms with E-state index in [4.69, 9.17) is 0 Å². The number of likely N-dealkylation sites (tertiary alicyclic amines) is 2. The molecule has 114 valence electrons. The van der Waals surface area contributed by atoms with Crippen LogP contribution in [-0.4, -0.2) is 50.7 Å². The molecule has 0 bridgehead atoms. The SMILES string of the molecule is Cn1cc(CN2CC[C@@H]3[C@H]2CCC(=O)N3CC2CC2)cn1. The molecular formula is C16H24N4O. The van der Waals surface area contributed by atoms with E-state index >= 15 is 0 Å². The number of aryl methyl sites for hydroxylation is 1. The molecule has 0 N–H and O–H groups in total. The lowest BCUT2D eigenvalue weighted by Gasteiger charge is -2.40. The van der Waals surface area contributed by atoms with Gasteiger partial charge in [-0.3, -0.25) is 14.4 Å². The standard InChI is InChI=1S/C16H24N4O/c1-18-9-13(8-17-18)10-19-7-6-15-14(19)4-5-16(21)20(15)11-12-2-3-12/h8-9,12,14-15H,2-7,10-11H2,1H3/t14-,15-/m1/s1. The summed E-state index contributed by atoms with van der Waals surface area (Å²) in [5, 5.41) is 4.26. The van der Waals surface area contributed by atoms with Crippen LogP contribution < -0.4 is 0 Å². The van der Waals surface area contributed by atoms with Crippen LogP contribution in [0.15, 0.2) is 12.4 Å². The monoisotopic (exact) mass is 288 g/mol. The molecule has 21 heavy (non-hydrogen) atoms. The van der Waals surface area contributed by atoms with Crippen molar-refractivity contribution in [1.29, 1.82) is 0 Å². The van der Waals surface area contributed by atoms with Crippen LogP contribution in [0.4, 0.5) is 0 Å². The fraction of sp³-hybridized carbons (Fsp3) is 0.750. The quantitative estimate of drug-likeness (QED) is 0.841. The van der Waals surface area contributed by atoms with Crippen LogP contribution >= 0.6 is 0 Å². The Morgan fingerprint density at radius 3 is 2.81 bits per heavy atom. The normalized spacial score (nSPS) is 30.0. The van der Waals surface area contributed by atoms with E-state index in [1.165, 1.54) is 18.4 Å². The van der Waals surface area contributed by atoms with Crippen molar-refractivity contribution < 1.29 is 4.79 Å². The van der Waals surface area contributed by atoms with Crippen LogP contribution in [0.5, 0.6) is 0 Å². The number of amides is 1. The molecule has 1 amide bonds. The lowest BCUT2D eigenvalue weighted by Crippen LogP contribution is -2.52. The predicted octanol–water partition coefficient (Wildman–Crippen LogP) is 1.40. The average molecular weight is 288 g/mol. The van der Waals surface area contributed by atoms with Crippen LogP contribution in [-0.2, 0) is 18.4 Å². The highest BCUT2D eigenvalue weighted by Gasteiger charge is 2.44. The molecule has 1 aromatic rings. The molecule has 1 aromatic heterocycles. The van der Waals surface area contributed by atoms with E-state index in [9.17, 15) is 4.79 Å². The Morgan fingerprint density at radius 2 is 2.10 bits per heavy atom. The Bertz CT molecular complexity index is 536. The topological polar surface area (TPSA) is 41.4 Å². The molecule has 1 aliphatic carbocycles. The van der Waals surface area contributed by atoms with E-state index in [1.807, 2.05) is 17.9 Å². The van der Waals surface area contributed by atoms with Crippen molar-refractivity contribution in [2.75, 3.05) is 13.1 Å². The van der Waals surface area contributed by atoms with E-state index in [2.05, 4.69) is 21.1 Å². The Kier molecular flexibility index (Phi) is 3.25. The largest absolute Gasteiger partial charge is 0.338 e. The van der Waals surface area contributed by atoms with Crippen molar-refractivity contribution in [1.82, 2.24) is 19.6 Å². The fourth-order valence-electron chi connectivity index (χ4n) is 4.04. The third-order valence-electron chi connectivity index (χ3n) is 5.30. The minimum atomic E-state index is 0.395. The first-order valence-electron chi connectivity index (χ1n) is 8.22. The first-order valence-corrected chi connectivity index (χ1v) is 8.22. The summed E-state index contributed by atoms with van der Waals surface area (Å²) in [5.74, 6) is 1.19. The summed E-state index contributed by atoms with van der Waals surface area (Å²) < 4.78 is 1.87. The van der Waals surface area contributed by atoms with Crippen molar-refractivity contribution in [2.45, 2.75) is 50.7 Å². The number of rotatable bonds is 4. The number of hydrogen-bond donors (Lipinski definition) is 0. The fourth-order valence-corrected chi connectivity index (χ4v) is 4.04. The molecule has 5 nitrogen and oxygen atoms in total. The van der Waals surface area contributed by atoms with Gasteiger partial charge in [-0.1, -0.05) is 0 Å². The van der Waals surface area contributed by atoms with E-state index in [-0.39, 0.29) is 0 Å². The van der Waals surface area contributed by atoms with E-state index in [0.717, 1.165) is 44.8 Å². The molecule has 2 saturated heterocycles. The molecular weight excluding hydrogens is 264 g/mol. The van der Waals surface area contributed by atoms with Crippen molar-refractivity contribution in [2.24, 2.45) is 13.0 Å². The molecule has 0 aromatic carbocycles. The number of carbonyl (C=O) groups is 1. The van der Waals surface area contributed by atoms with Gasteiger partial charge < -0.3 is 4.90 Å². The maximum atomic E-state index is 12.3. The predicted molar refractivity (Wildman–Crippen MR) is 79.5 cm³/mol. The van der Waals surface area contributed by atoms with Gasteiger partial charge in [-0.15, -0.1) is 0 Å². The molecule has 3 fully saturated rings. The summed E-state index contributed by atoms with van der Waals surface area (Å²) in [7, 11) is 1.97. The minimum Gasteiger partial charge on any atom is -0.338 e. The molecule has 0 radical (unpaired) electrons. The number of aromatic nitrogens is 2. The molecule has 2 aliphatic heterocycles. The van der Waals surface area contributed by atoms with Crippen LogP contribution in [0.25, 0.3) is 0 Å². The van der Waals surface area contributed by atoms with Gasteiger partial charge in [0, 0.05) is 56.9 Å². The maximum Gasteiger partial charge on any atom is 0.222 e. The lowest BCUT2D eigenvalue weighted by atomic mass is 9.95. The maximum absolute atomic E-state index is 12.3. The molecule has 5 heteroatoms. The Hall–Kier alpha value is -1.36. The van der Waals surface area contributed by atoms with Gasteiger partial charge in [-0.25, -0.2) is 0 Å². The highest BCUT2D eigenvalue weighted by molar-refractivity contribution is 5.77. The summed E-state index contributed by atoms with van der Waals surface area (Å²) in [6.07, 6.45) is 9.61. The van der Waals surface area contributed by atoms with Gasteiger partial charge >= 0.3 is 0 Å². The third-order valence-corrected chi connectivity index (χ3v) is 5.30. The summed E-state index contributed by atoms with van der Waals surface area (Å²) >= 11 is 0. The second-order valence-electron chi connectivity index (χ2n) is 6.94. The molecule has 0 spiro atoms. The van der Waals surface area contributed by atoms with Crippen LogP contribution in [0, 0.1) is 5.92 Å². The molecule has 4 rings (SSSR count). The number of hydrogen-bond acceptors (Lipinski definition) is 3. The zero-order chi connectivity index (χ0) is 14.4. The Labute approximate surface area is 125 Å². The average Bonchev–Trinajstić information content (AvgIpc) is 3.06. The second-order valence-corrected chi connectivity index (χ2v) is 6.94. The van der Waals surface area contributed by atoms with Gasteiger partial charge in [0.2, 0.25) is 5.91 Å². The number of fused-ring (bicyclic) bond motifs is 1. The second kappa shape index (κ2) is 5.13. The van der Waals surface area contributed by atoms with Gasteiger partial charge in [0.05, 0.1) is 6.20 Å². The Morgan fingerprint density at radius 1 is 1.24 bits per heavy atom. The van der Waals surface area contributed by atoms with Crippen molar-refractivity contribution in [3.8, 4) is 0 Å². The summed E-state index contributed by atoms with van der Waals surface area (Å²) in [6, 6.07) is 1.02. The van der Waals surface area contributed by atoms with E-state index in [0.29, 0.717) is 18.0 Å². The summed E-state index contributed by atoms with van der Waals surface area (Å²) in [6.45, 7) is 3.10. The molecule has 2 atom stereocenters. The van der Waals surface area contributed by atoms with Gasteiger partial charge in [-0.2, -0.15) is 5.10 Å². The highest BCUT2D eigenvalue weighted by atomic mass is 16.2. The van der Waals surface area contributed by atoms with E-state index < -0.39 is 0 Å². The van der Waals surface area contributed by atoms with Gasteiger partial charge in [-0.05, 0) is 31.6 Å². The molecule has 0 unspecified atom stereocenters. The van der Waals surface area contributed by atoms with Crippen molar-refractivity contribution in [3.05, 3.63) is 18.0 Å². The van der Waals surface area contributed by atoms with E-state index in [1.54, 1.807) is 0 Å². The smallest absolute Gasteiger partial charge is 0.222 e. The first-order chi connectivity index (χ1) is 10.2. The summed E-state index contributed by atoms with van der Waals surface area (Å²) in [4.78, 5) is 17.0. The lowest BCUT2D eigenvalue weighted by molar-refractivity contribution is -0.138. The minimum absolute atomic E-state index is 0.395. The molecule has 3 heterocycles. The van der Waals surface area contributed by atoms with Crippen molar-refractivity contribution >= 4 is 5.91 Å².